The molecule has 0 aliphatic carbocycles. The third-order valence-corrected chi connectivity index (χ3v) is 4.29. The Morgan fingerprint density at radius 2 is 1.93 bits per heavy atom. The van der Waals surface area contributed by atoms with E-state index in [1.807, 2.05) is 22.9 Å². The van der Waals surface area contributed by atoms with Gasteiger partial charge in [0.25, 0.3) is 0 Å². The first-order valence-electron chi connectivity index (χ1n) is 9.03. The minimum Gasteiger partial charge on any atom is -0.497 e. The molecule has 28 heavy (non-hydrogen) atoms. The number of ether oxygens (including phenoxy) is 1. The van der Waals surface area contributed by atoms with Gasteiger partial charge in [0.1, 0.15) is 17.9 Å². The summed E-state index contributed by atoms with van der Waals surface area (Å²) < 4.78 is 6.89. The number of carbonyl (C=O) groups is 2. The molecule has 0 spiro atoms. The van der Waals surface area contributed by atoms with Crippen LogP contribution in [0.5, 0.6) is 5.75 Å². The van der Waals surface area contributed by atoms with Gasteiger partial charge in [-0.2, -0.15) is 0 Å². The van der Waals surface area contributed by atoms with Crippen molar-refractivity contribution >= 4 is 11.7 Å². The van der Waals surface area contributed by atoms with E-state index in [4.69, 9.17) is 4.74 Å². The molecule has 3 rings (SSSR count). The summed E-state index contributed by atoms with van der Waals surface area (Å²) in [6, 6.07) is 10.8. The van der Waals surface area contributed by atoms with Gasteiger partial charge in [0.05, 0.1) is 7.11 Å². The molecule has 1 aromatic carbocycles. The van der Waals surface area contributed by atoms with E-state index in [0.717, 1.165) is 11.4 Å². The number of hydrogen-bond donors (Lipinski definition) is 1. The molecule has 0 aliphatic heterocycles. The molecule has 0 saturated heterocycles. The molecular weight excluding hydrogens is 356 g/mol. The molecule has 7 heteroatoms. The number of carbonyl (C=O) groups excluding carboxylic acids is 2. The van der Waals surface area contributed by atoms with Crippen molar-refractivity contribution < 1.29 is 14.3 Å². The number of hydrogen-bond acceptors (Lipinski definition) is 5. The third-order valence-electron chi connectivity index (χ3n) is 4.29. The lowest BCUT2D eigenvalue weighted by molar-refractivity contribution is -0.121. The van der Waals surface area contributed by atoms with Crippen LogP contribution in [0.1, 0.15) is 35.2 Å². The highest BCUT2D eigenvalue weighted by molar-refractivity contribution is 5.96. The molecule has 2 heterocycles. The van der Waals surface area contributed by atoms with E-state index < -0.39 is 0 Å². The summed E-state index contributed by atoms with van der Waals surface area (Å²) in [5, 5.41) is 2.86. The van der Waals surface area contributed by atoms with Gasteiger partial charge >= 0.3 is 0 Å². The molecule has 2 aromatic heterocycles. The highest BCUT2D eigenvalue weighted by Crippen LogP contribution is 2.14. The van der Waals surface area contributed by atoms with E-state index in [1.165, 1.54) is 0 Å². The van der Waals surface area contributed by atoms with Crippen LogP contribution in [-0.2, 0) is 11.3 Å². The van der Waals surface area contributed by atoms with Crippen LogP contribution in [0.15, 0.2) is 61.3 Å². The fourth-order valence-electron chi connectivity index (χ4n) is 2.69. The van der Waals surface area contributed by atoms with Gasteiger partial charge in [0.15, 0.2) is 5.78 Å². The number of pyridine rings is 1. The van der Waals surface area contributed by atoms with Gasteiger partial charge in [-0.3, -0.25) is 14.2 Å². The van der Waals surface area contributed by atoms with Crippen molar-refractivity contribution in [2.75, 3.05) is 7.11 Å². The van der Waals surface area contributed by atoms with E-state index >= 15 is 0 Å². The van der Waals surface area contributed by atoms with E-state index in [1.54, 1.807) is 50.1 Å². The van der Waals surface area contributed by atoms with Gasteiger partial charge in [-0.15, -0.1) is 0 Å². The number of amides is 1. The number of nitrogens with zero attached hydrogens (tertiary/aromatic N) is 3. The number of nitrogens with one attached hydrogen (secondary N) is 1. The highest BCUT2D eigenvalue weighted by atomic mass is 16.5. The van der Waals surface area contributed by atoms with E-state index in [9.17, 15) is 9.59 Å². The molecule has 0 aliphatic rings. The van der Waals surface area contributed by atoms with Crippen LogP contribution < -0.4 is 10.1 Å². The molecule has 0 saturated carbocycles. The molecule has 0 fully saturated rings. The maximum atomic E-state index is 12.1. The van der Waals surface area contributed by atoms with Crippen LogP contribution in [-0.4, -0.2) is 33.3 Å². The Bertz CT molecular complexity index is 904. The maximum Gasteiger partial charge on any atom is 0.220 e. The normalized spacial score (nSPS) is 10.5. The molecule has 144 valence electrons. The summed E-state index contributed by atoms with van der Waals surface area (Å²) in [4.78, 5) is 32.5. The van der Waals surface area contributed by atoms with Crippen molar-refractivity contribution in [1.82, 2.24) is 19.9 Å². The molecule has 0 bridgehead atoms. The van der Waals surface area contributed by atoms with Crippen molar-refractivity contribution in [3.8, 4) is 11.6 Å². The second-order valence-corrected chi connectivity index (χ2v) is 6.28. The van der Waals surface area contributed by atoms with Crippen LogP contribution in [0, 0.1) is 0 Å². The zero-order chi connectivity index (χ0) is 19.8. The first kappa shape index (κ1) is 19.3. The van der Waals surface area contributed by atoms with Crippen molar-refractivity contribution in [1.29, 1.82) is 0 Å². The minimum atomic E-state index is -0.0822. The summed E-state index contributed by atoms with van der Waals surface area (Å²) >= 11 is 0. The van der Waals surface area contributed by atoms with E-state index in [-0.39, 0.29) is 11.7 Å². The Labute approximate surface area is 163 Å². The highest BCUT2D eigenvalue weighted by Gasteiger charge is 2.08. The van der Waals surface area contributed by atoms with Gasteiger partial charge in [-0.1, -0.05) is 6.07 Å². The van der Waals surface area contributed by atoms with Crippen molar-refractivity contribution in [3.63, 3.8) is 0 Å². The summed E-state index contributed by atoms with van der Waals surface area (Å²) in [5.41, 5.74) is 1.54. The predicted octanol–water partition coefficient (Wildman–Crippen LogP) is 2.95. The molecule has 0 radical (unpaired) electrons. The summed E-state index contributed by atoms with van der Waals surface area (Å²) in [6.45, 7) is 0.405. The lowest BCUT2D eigenvalue weighted by Crippen LogP contribution is -2.22. The zero-order valence-electron chi connectivity index (χ0n) is 15.7. The van der Waals surface area contributed by atoms with Gasteiger partial charge in [-0.05, 0) is 42.3 Å². The SMILES string of the molecule is COc1ccc(C(=O)CCCC(=O)NCc2ccc(-n3ccnc3)nc2)cc1. The Hall–Kier alpha value is -3.48. The smallest absolute Gasteiger partial charge is 0.220 e. The van der Waals surface area contributed by atoms with Crippen molar-refractivity contribution in [2.24, 2.45) is 0 Å². The fourth-order valence-corrected chi connectivity index (χ4v) is 2.69. The number of rotatable bonds is 9. The quantitative estimate of drug-likeness (QED) is 0.579. The molecule has 7 nitrogen and oxygen atoms in total. The number of methoxy groups -OCH3 is 1. The molecule has 1 N–H and O–H groups in total. The summed E-state index contributed by atoms with van der Waals surface area (Å²) in [6.07, 6.45) is 8.06. The summed E-state index contributed by atoms with van der Waals surface area (Å²) in [5.74, 6) is 1.42. The molecule has 1 amide bonds. The average Bonchev–Trinajstić information content (AvgIpc) is 3.27. The van der Waals surface area contributed by atoms with Crippen molar-refractivity contribution in [2.45, 2.75) is 25.8 Å². The van der Waals surface area contributed by atoms with Crippen LogP contribution in [0.4, 0.5) is 0 Å². The van der Waals surface area contributed by atoms with Crippen LogP contribution in [0.2, 0.25) is 0 Å². The van der Waals surface area contributed by atoms with Gasteiger partial charge in [0.2, 0.25) is 5.91 Å². The maximum absolute atomic E-state index is 12.1. The largest absolute Gasteiger partial charge is 0.497 e. The van der Waals surface area contributed by atoms with Crippen LogP contribution >= 0.6 is 0 Å². The van der Waals surface area contributed by atoms with Crippen LogP contribution in [0.3, 0.4) is 0 Å². The zero-order valence-corrected chi connectivity index (χ0v) is 15.7. The Morgan fingerprint density at radius 3 is 2.57 bits per heavy atom. The van der Waals surface area contributed by atoms with Crippen LogP contribution in [0.25, 0.3) is 5.82 Å². The van der Waals surface area contributed by atoms with Gasteiger partial charge in [-0.25, -0.2) is 9.97 Å². The first-order chi connectivity index (χ1) is 13.7. The average molecular weight is 378 g/mol. The lowest BCUT2D eigenvalue weighted by Gasteiger charge is -2.07. The van der Waals surface area contributed by atoms with E-state index in [2.05, 4.69) is 15.3 Å². The van der Waals surface area contributed by atoms with Gasteiger partial charge in [0, 0.05) is 43.5 Å². The monoisotopic (exact) mass is 378 g/mol. The number of ketones is 1. The minimum absolute atomic E-state index is 0.0229. The second kappa shape index (κ2) is 9.45. The Kier molecular flexibility index (Phi) is 6.51. The topological polar surface area (TPSA) is 86.1 Å². The van der Waals surface area contributed by atoms with E-state index in [0.29, 0.717) is 37.1 Å². The third kappa shape index (κ3) is 5.26. The Morgan fingerprint density at radius 1 is 1.11 bits per heavy atom. The molecule has 0 unspecified atom stereocenters. The molecule has 0 atom stereocenters. The summed E-state index contributed by atoms with van der Waals surface area (Å²) in [7, 11) is 1.58. The predicted molar refractivity (Wildman–Crippen MR) is 104 cm³/mol. The first-order valence-corrected chi connectivity index (χ1v) is 9.03. The number of Topliss-reactive ketones (excluding diaryl/α,β-unsaturated/α-hetero) is 1. The number of aromatic nitrogens is 3. The standard InChI is InChI=1S/C21H22N4O3/c1-28-18-8-6-17(7-9-18)19(26)3-2-4-21(27)24-14-16-5-10-20(23-13-16)25-12-11-22-15-25/h5-13,15H,2-4,14H2,1H3,(H,24,27). The molecular formula is C21H22N4O3. The molecule has 3 aromatic rings. The number of benzene rings is 1. The fraction of sp³-hybridized carbons (Fsp3) is 0.238. The van der Waals surface area contributed by atoms with Crippen molar-refractivity contribution in [3.05, 3.63) is 72.4 Å². The lowest BCUT2D eigenvalue weighted by atomic mass is 10.1. The van der Waals surface area contributed by atoms with Gasteiger partial charge < -0.3 is 10.1 Å². The number of imidazole rings is 1. The second-order valence-electron chi connectivity index (χ2n) is 6.28. The Balaban J connectivity index is 1.39.